The number of hydrogen-bond acceptors (Lipinski definition) is 2. The predicted molar refractivity (Wildman–Crippen MR) is 102 cm³/mol. The third kappa shape index (κ3) is 2.78. The molecular weight excluding hydrogens is 486 g/mol. The number of primary amides is 1. The summed E-state index contributed by atoms with van der Waals surface area (Å²) < 4.78 is 3.02. The minimum atomic E-state index is -0.345. The number of aromatic nitrogens is 1. The molecule has 0 radical (unpaired) electrons. The molecule has 0 fully saturated rings. The fraction of sp³-hybridized carbons (Fsp3) is 0.0714. The van der Waals surface area contributed by atoms with E-state index in [0.717, 1.165) is 31.8 Å². The van der Waals surface area contributed by atoms with Gasteiger partial charge in [0, 0.05) is 50.6 Å². The van der Waals surface area contributed by atoms with E-state index in [4.69, 9.17) is 17.3 Å². The third-order valence-corrected chi connectivity index (χ3v) is 5.65. The van der Waals surface area contributed by atoms with Crippen LogP contribution in [0.3, 0.4) is 0 Å². The molecule has 2 aromatic carbocycles. The lowest BCUT2D eigenvalue weighted by Crippen LogP contribution is -2.14. The first-order valence-corrected chi connectivity index (χ1v) is 10.5. The molecule has 7 heteroatoms. The van der Waals surface area contributed by atoms with Crippen LogP contribution in [0.2, 0.25) is 5.02 Å². The van der Waals surface area contributed by atoms with Crippen molar-refractivity contribution < 1.29 is 4.79 Å². The first-order valence-electron chi connectivity index (χ1n) is 6.00. The van der Waals surface area contributed by atoms with Crippen LogP contribution in [0.1, 0.15) is 5.56 Å². The second-order valence-electron chi connectivity index (χ2n) is 4.63. The number of nitrogens with zero attached hydrogens (tertiary/aromatic N) is 1. The van der Waals surface area contributed by atoms with Gasteiger partial charge >= 0.3 is 0 Å². The number of carbonyl (C=O) groups is 1. The van der Waals surface area contributed by atoms with E-state index in [1.807, 2.05) is 30.3 Å². The van der Waals surface area contributed by atoms with Crippen molar-refractivity contribution >= 4 is 85.6 Å². The molecule has 21 heavy (non-hydrogen) atoms. The molecule has 1 heterocycles. The van der Waals surface area contributed by atoms with Crippen molar-refractivity contribution in [3.05, 3.63) is 45.4 Å². The molecule has 0 atom stereocenters. The van der Waals surface area contributed by atoms with Gasteiger partial charge in [0.2, 0.25) is 5.91 Å². The number of rotatable bonds is 3. The highest BCUT2D eigenvalue weighted by atomic mass is 127. The minimum absolute atomic E-state index is 0.206. The van der Waals surface area contributed by atoms with Crippen molar-refractivity contribution in [3.8, 4) is 0 Å². The van der Waals surface area contributed by atoms with Crippen molar-refractivity contribution in [2.75, 3.05) is 0 Å². The molecule has 0 bridgehead atoms. The molecule has 0 aliphatic heterocycles. The topological polar surface area (TPSA) is 48.0 Å². The lowest BCUT2D eigenvalue weighted by atomic mass is 10.1. The van der Waals surface area contributed by atoms with Gasteiger partial charge in [0.15, 0.2) is 0 Å². The molecule has 2 N–H and O–H groups in total. The van der Waals surface area contributed by atoms with Gasteiger partial charge in [-0.3, -0.25) is 8.77 Å². The molecule has 0 saturated carbocycles. The Labute approximate surface area is 151 Å². The second kappa shape index (κ2) is 5.98. The first kappa shape index (κ1) is 15.5. The average Bonchev–Trinajstić information content (AvgIpc) is 2.71. The quantitative estimate of drug-likeness (QED) is 0.515. The molecule has 3 rings (SSSR count). The number of hydrogen-bond donors (Lipinski definition) is 1. The average molecular weight is 496 g/mol. The minimum Gasteiger partial charge on any atom is -0.369 e. The molecule has 1 amide bonds. The summed E-state index contributed by atoms with van der Waals surface area (Å²) in [6.07, 6.45) is 0.206. The van der Waals surface area contributed by atoms with E-state index in [2.05, 4.69) is 41.1 Å². The van der Waals surface area contributed by atoms with E-state index >= 15 is 0 Å². The Morgan fingerprint density at radius 1 is 1.33 bits per heavy atom. The van der Waals surface area contributed by atoms with Crippen LogP contribution in [-0.4, -0.2) is 9.88 Å². The Hall–Kier alpha value is -0.440. The lowest BCUT2D eigenvalue weighted by molar-refractivity contribution is -0.117. The Bertz CT molecular complexity index is 880. The summed E-state index contributed by atoms with van der Waals surface area (Å²) in [4.78, 5) is 11.4. The van der Waals surface area contributed by atoms with E-state index in [1.165, 1.54) is 0 Å². The van der Waals surface area contributed by atoms with Crippen molar-refractivity contribution in [2.24, 2.45) is 5.73 Å². The van der Waals surface area contributed by atoms with E-state index in [0.29, 0.717) is 5.02 Å². The molecule has 3 aromatic rings. The smallest absolute Gasteiger partial charge is 0.221 e. The fourth-order valence-corrected chi connectivity index (χ4v) is 4.94. The molecule has 0 aliphatic rings. The zero-order valence-corrected chi connectivity index (χ0v) is 15.9. The highest BCUT2D eigenvalue weighted by Gasteiger charge is 2.16. The SMILES string of the molecule is NC(=O)Cc1cc(Br)cc2c3cc(Cl)ccc3n(SI)c12. The van der Waals surface area contributed by atoms with Gasteiger partial charge in [-0.1, -0.05) is 27.5 Å². The maximum Gasteiger partial charge on any atom is 0.221 e. The second-order valence-corrected chi connectivity index (χ2v) is 7.67. The molecule has 0 spiro atoms. The third-order valence-electron chi connectivity index (χ3n) is 3.26. The van der Waals surface area contributed by atoms with Gasteiger partial charge in [-0.2, -0.15) is 0 Å². The van der Waals surface area contributed by atoms with Gasteiger partial charge in [0.05, 0.1) is 17.5 Å². The maximum atomic E-state index is 11.4. The monoisotopic (exact) mass is 494 g/mol. The maximum absolute atomic E-state index is 11.4. The summed E-state index contributed by atoms with van der Waals surface area (Å²) in [5.41, 5.74) is 8.36. The van der Waals surface area contributed by atoms with Crippen LogP contribution >= 0.6 is 57.9 Å². The Kier molecular flexibility index (Phi) is 4.40. The number of nitrogens with two attached hydrogens (primary N) is 1. The van der Waals surface area contributed by atoms with Crippen molar-refractivity contribution in [1.29, 1.82) is 0 Å². The standard InChI is InChI=1S/C14H9BrClIN2OS/c15-8-3-7(4-13(18)20)14-11(5-8)10-6-9(16)1-2-12(10)19(14)21-17/h1-3,5-6H,4H2,(H2,18,20). The Balaban J connectivity index is 2.49. The van der Waals surface area contributed by atoms with Gasteiger partial charge in [-0.25, -0.2) is 0 Å². The van der Waals surface area contributed by atoms with Gasteiger partial charge in [-0.15, -0.1) is 0 Å². The van der Waals surface area contributed by atoms with E-state index in [-0.39, 0.29) is 12.3 Å². The number of halogens is 3. The van der Waals surface area contributed by atoms with Crippen LogP contribution in [0.4, 0.5) is 0 Å². The van der Waals surface area contributed by atoms with Crippen LogP contribution in [0.5, 0.6) is 0 Å². The number of amides is 1. The summed E-state index contributed by atoms with van der Waals surface area (Å²) in [6, 6.07) is 9.79. The zero-order chi connectivity index (χ0) is 15.1. The number of benzene rings is 2. The number of carbonyl (C=O) groups excluding carboxylic acids is 1. The molecular formula is C14H9BrClIN2OS. The van der Waals surface area contributed by atoms with Crippen molar-refractivity contribution in [1.82, 2.24) is 3.97 Å². The van der Waals surface area contributed by atoms with E-state index in [1.54, 1.807) is 9.12 Å². The Morgan fingerprint density at radius 3 is 2.76 bits per heavy atom. The summed E-state index contributed by atoms with van der Waals surface area (Å²) in [5, 5.41) is 2.81. The van der Waals surface area contributed by atoms with Crippen molar-refractivity contribution in [2.45, 2.75) is 6.42 Å². The van der Waals surface area contributed by atoms with Crippen LogP contribution in [0.25, 0.3) is 21.8 Å². The van der Waals surface area contributed by atoms with Crippen LogP contribution in [0, 0.1) is 0 Å². The molecule has 3 nitrogen and oxygen atoms in total. The lowest BCUT2D eigenvalue weighted by Gasteiger charge is -2.06. The summed E-state index contributed by atoms with van der Waals surface area (Å²) >= 11 is 11.9. The molecule has 108 valence electrons. The van der Waals surface area contributed by atoms with Gasteiger partial charge in [0.1, 0.15) is 0 Å². The van der Waals surface area contributed by atoms with Crippen LogP contribution < -0.4 is 5.73 Å². The zero-order valence-electron chi connectivity index (χ0n) is 10.6. The van der Waals surface area contributed by atoms with E-state index in [9.17, 15) is 4.79 Å². The predicted octanol–water partition coefficient (Wildman–Crippen LogP) is 5.08. The van der Waals surface area contributed by atoms with Crippen LogP contribution in [-0.2, 0) is 11.2 Å². The summed E-state index contributed by atoms with van der Waals surface area (Å²) in [5.74, 6) is -0.345. The molecule has 0 saturated heterocycles. The van der Waals surface area contributed by atoms with Gasteiger partial charge in [0.25, 0.3) is 0 Å². The normalized spacial score (nSPS) is 11.4. The van der Waals surface area contributed by atoms with Gasteiger partial charge < -0.3 is 5.73 Å². The van der Waals surface area contributed by atoms with Crippen LogP contribution in [0.15, 0.2) is 34.8 Å². The molecule has 0 unspecified atom stereocenters. The van der Waals surface area contributed by atoms with E-state index < -0.39 is 0 Å². The largest absolute Gasteiger partial charge is 0.369 e. The molecule has 1 aromatic heterocycles. The summed E-state index contributed by atoms with van der Waals surface area (Å²) in [6.45, 7) is 0. The Morgan fingerprint density at radius 2 is 2.10 bits per heavy atom. The van der Waals surface area contributed by atoms with Crippen molar-refractivity contribution in [3.63, 3.8) is 0 Å². The highest BCUT2D eigenvalue weighted by Crippen LogP contribution is 2.39. The summed E-state index contributed by atoms with van der Waals surface area (Å²) in [7, 11) is 1.56. The highest BCUT2D eigenvalue weighted by molar-refractivity contribution is 14.2. The fourth-order valence-electron chi connectivity index (χ4n) is 2.52. The van der Waals surface area contributed by atoms with Gasteiger partial charge in [-0.05, 0) is 35.9 Å². The molecule has 0 aliphatic carbocycles. The number of fused-ring (bicyclic) bond motifs is 3. The first-order chi connectivity index (χ1) is 10.0.